The molecule has 0 spiro atoms. The van der Waals surface area contributed by atoms with Gasteiger partial charge in [0.25, 0.3) is 0 Å². The first-order chi connectivity index (χ1) is 6.06. The lowest BCUT2D eigenvalue weighted by Gasteiger charge is -2.20. The monoisotopic (exact) mass is 203 g/mol. The number of rotatable bonds is 3. The van der Waals surface area contributed by atoms with Crippen molar-refractivity contribution in [3.05, 3.63) is 0 Å². The van der Waals surface area contributed by atoms with E-state index in [1.54, 1.807) is 11.9 Å². The third-order valence-corrected chi connectivity index (χ3v) is 3.83. The van der Waals surface area contributed by atoms with Gasteiger partial charge in [0.05, 0.1) is 25.0 Å². The quantitative estimate of drug-likeness (QED) is 0.576. The van der Waals surface area contributed by atoms with E-state index < -0.39 is 10.0 Å². The maximum Gasteiger partial charge on any atom is 0.215 e. The molecule has 6 heteroatoms. The highest BCUT2D eigenvalue weighted by Crippen LogP contribution is 2.12. The predicted octanol–water partition coefficient (Wildman–Crippen LogP) is -0.565. The number of sulfonamides is 1. The molecule has 74 valence electrons. The van der Waals surface area contributed by atoms with Gasteiger partial charge in [-0.05, 0) is 13.5 Å². The Morgan fingerprint density at radius 2 is 2.31 bits per heavy atom. The fourth-order valence-corrected chi connectivity index (χ4v) is 2.82. The molecular weight excluding hydrogens is 190 g/mol. The lowest BCUT2D eigenvalue weighted by molar-refractivity contribution is 0.260. The summed E-state index contributed by atoms with van der Waals surface area (Å²) in [5, 5.41) is 8.38. The number of nitrogens with zero attached hydrogens (tertiary/aromatic N) is 3. The van der Waals surface area contributed by atoms with Crippen LogP contribution in [0, 0.1) is 11.3 Å². The second-order valence-corrected chi connectivity index (χ2v) is 5.25. The van der Waals surface area contributed by atoms with Gasteiger partial charge in [-0.3, -0.25) is 4.90 Å². The van der Waals surface area contributed by atoms with Crippen LogP contribution in [0.25, 0.3) is 0 Å². The fourth-order valence-electron chi connectivity index (χ4n) is 1.29. The molecule has 1 heterocycles. The van der Waals surface area contributed by atoms with Crippen LogP contribution in [0.2, 0.25) is 0 Å². The van der Waals surface area contributed by atoms with E-state index in [2.05, 4.69) is 0 Å². The van der Waals surface area contributed by atoms with Crippen LogP contribution < -0.4 is 0 Å². The largest absolute Gasteiger partial charge is 0.280 e. The topological polar surface area (TPSA) is 64.4 Å². The second-order valence-electron chi connectivity index (χ2n) is 3.16. The van der Waals surface area contributed by atoms with Crippen molar-refractivity contribution in [2.75, 3.05) is 32.6 Å². The van der Waals surface area contributed by atoms with E-state index in [4.69, 9.17) is 5.26 Å². The summed E-state index contributed by atoms with van der Waals surface area (Å²) in [6.07, 6.45) is 0.697. The van der Waals surface area contributed by atoms with Gasteiger partial charge in [-0.15, -0.1) is 0 Å². The van der Waals surface area contributed by atoms with E-state index in [1.807, 2.05) is 6.07 Å². The molecular formula is C7H13N3O2S. The Hall–Kier alpha value is -0.640. The zero-order valence-electron chi connectivity index (χ0n) is 7.60. The summed E-state index contributed by atoms with van der Waals surface area (Å²) < 4.78 is 24.1. The van der Waals surface area contributed by atoms with Gasteiger partial charge in [0.1, 0.15) is 0 Å². The highest BCUT2D eigenvalue weighted by Gasteiger charge is 2.28. The van der Waals surface area contributed by atoms with E-state index >= 15 is 0 Å². The number of hydrogen-bond acceptors (Lipinski definition) is 4. The minimum Gasteiger partial charge on any atom is -0.280 e. The smallest absolute Gasteiger partial charge is 0.215 e. The molecule has 0 saturated carbocycles. The summed E-state index contributed by atoms with van der Waals surface area (Å²) in [6.45, 7) is 1.17. The van der Waals surface area contributed by atoms with Gasteiger partial charge in [0, 0.05) is 6.54 Å². The Balaban J connectivity index is 2.51. The highest BCUT2D eigenvalue weighted by atomic mass is 32.2. The maximum absolute atomic E-state index is 11.3. The molecule has 0 aromatic rings. The number of hydrogen-bond donors (Lipinski definition) is 0. The van der Waals surface area contributed by atoms with Gasteiger partial charge in [0.2, 0.25) is 10.0 Å². The van der Waals surface area contributed by atoms with E-state index in [1.165, 1.54) is 4.31 Å². The van der Waals surface area contributed by atoms with Gasteiger partial charge in [-0.1, -0.05) is 0 Å². The van der Waals surface area contributed by atoms with Crippen LogP contribution in [0.4, 0.5) is 0 Å². The van der Waals surface area contributed by atoms with Gasteiger partial charge >= 0.3 is 0 Å². The first-order valence-corrected chi connectivity index (χ1v) is 5.70. The van der Waals surface area contributed by atoms with Gasteiger partial charge in [0.15, 0.2) is 0 Å². The molecule has 1 aliphatic heterocycles. The van der Waals surface area contributed by atoms with Crippen molar-refractivity contribution >= 4 is 10.0 Å². The van der Waals surface area contributed by atoms with Crippen molar-refractivity contribution in [1.82, 2.24) is 9.21 Å². The zero-order valence-corrected chi connectivity index (χ0v) is 8.42. The lowest BCUT2D eigenvalue weighted by Crippen LogP contribution is -2.36. The third kappa shape index (κ3) is 2.66. The summed E-state index contributed by atoms with van der Waals surface area (Å²) in [4.78, 5) is 1.68. The molecule has 1 saturated heterocycles. The van der Waals surface area contributed by atoms with Crippen LogP contribution in [-0.4, -0.2) is 50.2 Å². The summed E-state index contributed by atoms with van der Waals surface area (Å²) in [6, 6.07) is 1.97. The summed E-state index contributed by atoms with van der Waals surface area (Å²) in [5.74, 6) is 0.243. The van der Waals surface area contributed by atoms with E-state index in [-0.39, 0.29) is 12.3 Å². The predicted molar refractivity (Wildman–Crippen MR) is 48.2 cm³/mol. The summed E-state index contributed by atoms with van der Waals surface area (Å²) >= 11 is 0. The average Bonchev–Trinajstić information content (AvgIpc) is 2.31. The molecule has 1 rings (SSSR count). The minimum atomic E-state index is -3.02. The Labute approximate surface area is 78.6 Å². The summed E-state index contributed by atoms with van der Waals surface area (Å²) in [7, 11) is -1.29. The van der Waals surface area contributed by atoms with Crippen molar-refractivity contribution in [3.63, 3.8) is 0 Å². The van der Waals surface area contributed by atoms with E-state index in [0.29, 0.717) is 19.6 Å². The Morgan fingerprint density at radius 3 is 2.77 bits per heavy atom. The van der Waals surface area contributed by atoms with Crippen molar-refractivity contribution in [1.29, 1.82) is 5.26 Å². The van der Waals surface area contributed by atoms with Crippen LogP contribution in [0.15, 0.2) is 0 Å². The first-order valence-electron chi connectivity index (χ1n) is 4.09. The molecule has 0 N–H and O–H groups in total. The van der Waals surface area contributed by atoms with Crippen LogP contribution in [-0.2, 0) is 10.0 Å². The highest BCUT2D eigenvalue weighted by molar-refractivity contribution is 7.89. The molecule has 0 aromatic heterocycles. The van der Waals surface area contributed by atoms with Gasteiger partial charge < -0.3 is 0 Å². The molecule has 13 heavy (non-hydrogen) atoms. The first kappa shape index (κ1) is 10.4. The van der Waals surface area contributed by atoms with Crippen LogP contribution in [0.5, 0.6) is 0 Å². The molecule has 1 aliphatic rings. The molecule has 0 radical (unpaired) electrons. The Kier molecular flexibility index (Phi) is 3.25. The molecule has 0 bridgehead atoms. The van der Waals surface area contributed by atoms with Crippen LogP contribution in [0.3, 0.4) is 0 Å². The molecule has 0 aliphatic carbocycles. The molecule has 0 atom stereocenters. The van der Waals surface area contributed by atoms with E-state index in [0.717, 1.165) is 0 Å². The van der Waals surface area contributed by atoms with Crippen LogP contribution >= 0.6 is 0 Å². The standard InChI is InChI=1S/C7H13N3O2S/c1-9(5-3-8)7-10-4-2-6-13(10,11)12/h2,4-7H2,1H3. The molecule has 5 nitrogen and oxygen atoms in total. The SMILES string of the molecule is CN(CC#N)CN1CCCS1(=O)=O. The lowest BCUT2D eigenvalue weighted by atomic mass is 10.5. The Morgan fingerprint density at radius 1 is 1.62 bits per heavy atom. The zero-order chi connectivity index (χ0) is 9.90. The molecule has 0 unspecified atom stereocenters. The summed E-state index contributed by atoms with van der Waals surface area (Å²) in [5.41, 5.74) is 0. The van der Waals surface area contributed by atoms with Crippen molar-refractivity contribution in [3.8, 4) is 6.07 Å². The average molecular weight is 203 g/mol. The van der Waals surface area contributed by atoms with Crippen molar-refractivity contribution in [2.24, 2.45) is 0 Å². The number of nitriles is 1. The van der Waals surface area contributed by atoms with Crippen molar-refractivity contribution < 1.29 is 8.42 Å². The van der Waals surface area contributed by atoms with Crippen molar-refractivity contribution in [2.45, 2.75) is 6.42 Å². The minimum absolute atomic E-state index is 0.243. The maximum atomic E-state index is 11.3. The van der Waals surface area contributed by atoms with Gasteiger partial charge in [-0.2, -0.15) is 9.57 Å². The third-order valence-electron chi connectivity index (χ3n) is 1.94. The molecule has 1 fully saturated rings. The second kappa shape index (κ2) is 4.05. The van der Waals surface area contributed by atoms with Gasteiger partial charge in [-0.25, -0.2) is 8.42 Å². The molecule has 0 amide bonds. The Bertz CT molecular complexity index is 306. The van der Waals surface area contributed by atoms with Crippen LogP contribution in [0.1, 0.15) is 6.42 Å². The molecule has 0 aromatic carbocycles. The normalized spacial score (nSPS) is 21.9. The fraction of sp³-hybridized carbons (Fsp3) is 0.857. The van der Waals surface area contributed by atoms with E-state index in [9.17, 15) is 8.42 Å².